The Morgan fingerprint density at radius 1 is 1.43 bits per heavy atom. The fraction of sp³-hybridized carbons (Fsp3) is 0.200. The predicted molar refractivity (Wildman–Crippen MR) is 49.4 cm³/mol. The number of Topliss-reactive ketones (excluding diaryl/α,β-unsaturated/α-hetero) is 1. The van der Waals surface area contributed by atoms with Gasteiger partial charge >= 0.3 is 0 Å². The molecule has 1 aliphatic rings. The maximum Gasteiger partial charge on any atom is 0.267 e. The molecule has 14 heavy (non-hydrogen) atoms. The number of ketones is 2. The van der Waals surface area contributed by atoms with Crippen molar-refractivity contribution in [3.63, 3.8) is 0 Å². The number of aliphatic hydroxyl groups is 1. The van der Waals surface area contributed by atoms with Crippen LogP contribution in [-0.4, -0.2) is 30.4 Å². The number of allylic oxidation sites excluding steroid dienone is 5. The maximum atomic E-state index is 11.1. The van der Waals surface area contributed by atoms with Gasteiger partial charge in [0.2, 0.25) is 5.78 Å². The molecule has 0 saturated heterocycles. The Morgan fingerprint density at radius 2 is 2.14 bits per heavy atom. The molecule has 0 spiro atoms. The highest BCUT2D eigenvalue weighted by atomic mass is 16.5. The van der Waals surface area contributed by atoms with Gasteiger partial charge in [-0.05, 0) is 17.7 Å². The third-order valence-corrected chi connectivity index (χ3v) is 1.68. The van der Waals surface area contributed by atoms with Gasteiger partial charge in [-0.3, -0.25) is 9.59 Å². The summed E-state index contributed by atoms with van der Waals surface area (Å²) in [5, 5.41) is 8.52. The summed E-state index contributed by atoms with van der Waals surface area (Å²) in [6.07, 6.45) is 5.68. The van der Waals surface area contributed by atoms with Crippen LogP contribution >= 0.6 is 0 Å². The molecule has 0 saturated carbocycles. The van der Waals surface area contributed by atoms with Crippen LogP contribution in [0.3, 0.4) is 0 Å². The van der Waals surface area contributed by atoms with Crippen LogP contribution in [-0.2, 0) is 14.3 Å². The second-order valence-electron chi connectivity index (χ2n) is 2.64. The number of ether oxygens (including phenoxy) is 1. The molecule has 0 unspecified atom stereocenters. The third kappa shape index (κ3) is 2.17. The lowest BCUT2D eigenvalue weighted by Gasteiger charge is -2.07. The largest absolute Gasteiger partial charge is 0.492 e. The molecule has 1 N–H and O–H groups in total. The zero-order valence-electron chi connectivity index (χ0n) is 7.69. The molecule has 4 heteroatoms. The second-order valence-corrected chi connectivity index (χ2v) is 2.64. The van der Waals surface area contributed by atoms with Gasteiger partial charge in [0, 0.05) is 0 Å². The molecule has 74 valence electrons. The van der Waals surface area contributed by atoms with Gasteiger partial charge < -0.3 is 9.84 Å². The number of carbonyl (C=O) groups is 2. The number of methoxy groups -OCH3 is 1. The summed E-state index contributed by atoms with van der Waals surface area (Å²) in [5.41, 5.74) is 0.542. The summed E-state index contributed by atoms with van der Waals surface area (Å²) in [6.45, 7) is -0.115. The van der Waals surface area contributed by atoms with Gasteiger partial charge in [0.1, 0.15) is 0 Å². The molecule has 0 radical (unpaired) electrons. The van der Waals surface area contributed by atoms with Gasteiger partial charge in [-0.25, -0.2) is 0 Å². The van der Waals surface area contributed by atoms with Crippen molar-refractivity contribution in [1.82, 2.24) is 0 Å². The number of rotatable bonds is 3. The van der Waals surface area contributed by atoms with Crippen molar-refractivity contribution in [2.45, 2.75) is 0 Å². The Labute approximate surface area is 81.2 Å². The van der Waals surface area contributed by atoms with E-state index >= 15 is 0 Å². The first-order valence-corrected chi connectivity index (χ1v) is 4.02. The van der Waals surface area contributed by atoms with Gasteiger partial charge in [-0.15, -0.1) is 0 Å². The number of carbonyl (C=O) groups excluding carboxylic acids is 2. The van der Waals surface area contributed by atoms with Crippen LogP contribution in [0.25, 0.3) is 0 Å². The highest BCUT2D eigenvalue weighted by Gasteiger charge is 2.21. The monoisotopic (exact) mass is 194 g/mol. The summed E-state index contributed by atoms with van der Waals surface area (Å²) in [4.78, 5) is 22.2. The Morgan fingerprint density at radius 3 is 2.71 bits per heavy atom. The fourth-order valence-electron chi connectivity index (χ4n) is 1.03. The average molecular weight is 194 g/mol. The van der Waals surface area contributed by atoms with Crippen molar-refractivity contribution in [3.8, 4) is 0 Å². The van der Waals surface area contributed by atoms with E-state index < -0.39 is 11.6 Å². The zero-order valence-corrected chi connectivity index (χ0v) is 7.69. The molecule has 0 bridgehead atoms. The molecule has 0 amide bonds. The van der Waals surface area contributed by atoms with Crippen LogP contribution in [0.4, 0.5) is 0 Å². The standard InChI is InChI=1S/C10H10O4/c1-14-9-6-7(3-2-4-11)5-8(12)10(9)13/h2-3,5-6,11H,4H2,1H3/b3-2+. The van der Waals surface area contributed by atoms with Gasteiger partial charge in [-0.1, -0.05) is 12.2 Å². The van der Waals surface area contributed by atoms with Crippen LogP contribution in [0.1, 0.15) is 0 Å². The second kappa shape index (κ2) is 4.53. The van der Waals surface area contributed by atoms with Crippen molar-refractivity contribution in [3.05, 3.63) is 35.6 Å². The van der Waals surface area contributed by atoms with E-state index in [4.69, 9.17) is 9.84 Å². The first kappa shape index (κ1) is 10.4. The first-order valence-electron chi connectivity index (χ1n) is 4.02. The van der Waals surface area contributed by atoms with Gasteiger partial charge in [0.05, 0.1) is 13.7 Å². The lowest BCUT2D eigenvalue weighted by atomic mass is 10.0. The molecule has 0 aromatic carbocycles. The summed E-state index contributed by atoms with van der Waals surface area (Å²) in [7, 11) is 1.33. The Balaban J connectivity index is 2.94. The third-order valence-electron chi connectivity index (χ3n) is 1.68. The Kier molecular flexibility index (Phi) is 3.36. The summed E-state index contributed by atoms with van der Waals surface area (Å²) in [6, 6.07) is 0. The molecule has 0 fully saturated rings. The normalized spacial score (nSPS) is 17.0. The topological polar surface area (TPSA) is 63.6 Å². The molecule has 4 nitrogen and oxygen atoms in total. The average Bonchev–Trinajstić information content (AvgIpc) is 2.19. The van der Waals surface area contributed by atoms with E-state index in [1.807, 2.05) is 0 Å². The van der Waals surface area contributed by atoms with E-state index in [9.17, 15) is 9.59 Å². The van der Waals surface area contributed by atoms with Gasteiger partial charge in [0.25, 0.3) is 5.78 Å². The lowest BCUT2D eigenvalue weighted by molar-refractivity contribution is -0.133. The molecular weight excluding hydrogens is 184 g/mol. The summed E-state index contributed by atoms with van der Waals surface area (Å²) < 4.78 is 4.74. The van der Waals surface area contributed by atoms with Crippen LogP contribution < -0.4 is 0 Å². The number of aliphatic hydroxyl groups excluding tert-OH is 1. The Hall–Kier alpha value is -1.68. The van der Waals surface area contributed by atoms with Crippen LogP contribution in [0.5, 0.6) is 0 Å². The van der Waals surface area contributed by atoms with Crippen molar-refractivity contribution < 1.29 is 19.4 Å². The molecule has 0 aromatic heterocycles. The minimum atomic E-state index is -0.645. The highest BCUT2D eigenvalue weighted by molar-refractivity contribution is 6.47. The minimum absolute atomic E-state index is 0.0232. The summed E-state index contributed by atoms with van der Waals surface area (Å²) >= 11 is 0. The lowest BCUT2D eigenvalue weighted by Crippen LogP contribution is -2.18. The quantitative estimate of drug-likeness (QED) is 0.513. The zero-order chi connectivity index (χ0) is 10.6. The first-order chi connectivity index (χ1) is 6.69. The van der Waals surface area contributed by atoms with Crippen LogP contribution in [0.2, 0.25) is 0 Å². The van der Waals surface area contributed by atoms with E-state index in [0.29, 0.717) is 5.57 Å². The van der Waals surface area contributed by atoms with Crippen molar-refractivity contribution in [2.75, 3.05) is 13.7 Å². The molecule has 1 rings (SSSR count). The van der Waals surface area contributed by atoms with E-state index in [1.165, 1.54) is 25.3 Å². The molecule has 0 heterocycles. The fourth-order valence-corrected chi connectivity index (χ4v) is 1.03. The smallest absolute Gasteiger partial charge is 0.267 e. The SMILES string of the molecule is COC1=CC(/C=C/CO)=CC(=O)C1=O. The number of hydrogen-bond acceptors (Lipinski definition) is 4. The minimum Gasteiger partial charge on any atom is -0.492 e. The molecule has 0 atom stereocenters. The van der Waals surface area contributed by atoms with Crippen LogP contribution in [0.15, 0.2) is 35.6 Å². The van der Waals surface area contributed by atoms with Crippen LogP contribution in [0, 0.1) is 0 Å². The van der Waals surface area contributed by atoms with Crippen molar-refractivity contribution in [1.29, 1.82) is 0 Å². The van der Waals surface area contributed by atoms with Gasteiger partial charge in [0.15, 0.2) is 5.76 Å². The molecule has 0 aliphatic heterocycles. The van der Waals surface area contributed by atoms with E-state index in [-0.39, 0.29) is 12.4 Å². The predicted octanol–water partition coefficient (Wildman–Crippen LogP) is 0.143. The summed E-state index contributed by atoms with van der Waals surface area (Å²) in [5.74, 6) is -1.23. The molecule has 0 aromatic rings. The number of hydrogen-bond donors (Lipinski definition) is 1. The highest BCUT2D eigenvalue weighted by Crippen LogP contribution is 2.13. The maximum absolute atomic E-state index is 11.1. The van der Waals surface area contributed by atoms with E-state index in [1.54, 1.807) is 6.08 Å². The van der Waals surface area contributed by atoms with Gasteiger partial charge in [-0.2, -0.15) is 0 Å². The van der Waals surface area contributed by atoms with E-state index in [2.05, 4.69) is 0 Å². The molecule has 1 aliphatic carbocycles. The van der Waals surface area contributed by atoms with E-state index in [0.717, 1.165) is 0 Å². The Bertz CT molecular complexity index is 347. The van der Waals surface area contributed by atoms with Crippen molar-refractivity contribution in [2.24, 2.45) is 0 Å². The van der Waals surface area contributed by atoms with Crippen molar-refractivity contribution >= 4 is 11.6 Å². The molecular formula is C10H10O4.